The Kier molecular flexibility index (Phi) is 6.34. The smallest absolute Gasteiger partial charge is 0.257 e. The fraction of sp³-hybridized carbons (Fsp3) is 0. The summed E-state index contributed by atoms with van der Waals surface area (Å²) in [4.78, 5) is 13.8. The first-order chi connectivity index (χ1) is 11.9. The third-order valence-electron chi connectivity index (χ3n) is 2.89. The molecule has 2 aromatic carbocycles. The Bertz CT molecular complexity index is 883. The van der Waals surface area contributed by atoms with Crippen molar-refractivity contribution < 1.29 is 17.6 Å². The van der Waals surface area contributed by atoms with Gasteiger partial charge in [0.1, 0.15) is 5.82 Å². The molecular weight excluding hydrogens is 365 g/mol. The van der Waals surface area contributed by atoms with Crippen molar-refractivity contribution in [1.82, 2.24) is 15.6 Å². The van der Waals surface area contributed by atoms with E-state index in [0.29, 0.717) is 5.56 Å². The Morgan fingerprint density at radius 2 is 1.68 bits per heavy atom. The van der Waals surface area contributed by atoms with E-state index in [1.165, 1.54) is 48.6 Å². The molecule has 0 heterocycles. The van der Waals surface area contributed by atoms with Gasteiger partial charge in [0.2, 0.25) is 5.91 Å². The molecule has 0 saturated heterocycles. The lowest BCUT2D eigenvalue weighted by Gasteiger charge is -2.10. The van der Waals surface area contributed by atoms with Crippen LogP contribution in [0.1, 0.15) is 5.56 Å². The van der Waals surface area contributed by atoms with Crippen molar-refractivity contribution in [2.24, 2.45) is 0 Å². The quantitative estimate of drug-likeness (QED) is 0.418. The van der Waals surface area contributed by atoms with E-state index in [4.69, 9.17) is 12.2 Å². The van der Waals surface area contributed by atoms with E-state index in [-0.39, 0.29) is 15.8 Å². The summed E-state index contributed by atoms with van der Waals surface area (Å²) in [5.41, 5.74) is 2.86. The number of carbonyl (C=O) groups excluding carboxylic acids is 1. The molecule has 9 heteroatoms. The molecule has 3 N–H and O–H groups in total. The summed E-state index contributed by atoms with van der Waals surface area (Å²) in [6.45, 7) is 0. The maximum absolute atomic E-state index is 12.8. The average molecular weight is 379 g/mol. The molecular formula is C16H14FN3O3S2. The zero-order chi connectivity index (χ0) is 18.3. The lowest BCUT2D eigenvalue weighted by atomic mass is 10.2. The summed E-state index contributed by atoms with van der Waals surface area (Å²) >= 11 is 4.84. The van der Waals surface area contributed by atoms with Gasteiger partial charge in [-0.3, -0.25) is 15.5 Å². The predicted octanol–water partition coefficient (Wildman–Crippen LogP) is 1.72. The zero-order valence-corrected chi connectivity index (χ0v) is 14.4. The molecule has 130 valence electrons. The molecule has 0 saturated carbocycles. The Morgan fingerprint density at radius 1 is 1.04 bits per heavy atom. The highest BCUT2D eigenvalue weighted by Crippen LogP contribution is 2.06. The highest BCUT2D eigenvalue weighted by atomic mass is 32.2. The summed E-state index contributed by atoms with van der Waals surface area (Å²) in [6, 6.07) is 13.2. The van der Waals surface area contributed by atoms with Crippen molar-refractivity contribution in [1.29, 1.82) is 0 Å². The lowest BCUT2D eigenvalue weighted by Crippen LogP contribution is -2.48. The molecule has 0 bridgehead atoms. The summed E-state index contributed by atoms with van der Waals surface area (Å²) in [5.74, 6) is -0.946. The van der Waals surface area contributed by atoms with Crippen LogP contribution >= 0.6 is 12.2 Å². The van der Waals surface area contributed by atoms with E-state index >= 15 is 0 Å². The van der Waals surface area contributed by atoms with E-state index in [2.05, 4.69) is 15.6 Å². The molecule has 0 unspecified atom stereocenters. The SMILES string of the molecule is O=C(/C=C/c1ccc(F)cc1)NC(=S)NNS(=O)(=O)c1ccccc1. The van der Waals surface area contributed by atoms with Gasteiger partial charge in [-0.15, -0.1) is 4.83 Å². The molecule has 0 aromatic heterocycles. The topological polar surface area (TPSA) is 87.3 Å². The Balaban J connectivity index is 1.85. The minimum absolute atomic E-state index is 0.0489. The van der Waals surface area contributed by atoms with E-state index in [0.717, 1.165) is 0 Å². The monoisotopic (exact) mass is 379 g/mol. The van der Waals surface area contributed by atoms with Crippen LogP contribution in [0.15, 0.2) is 65.6 Å². The van der Waals surface area contributed by atoms with E-state index < -0.39 is 15.9 Å². The van der Waals surface area contributed by atoms with Gasteiger partial charge in [0.15, 0.2) is 5.11 Å². The summed E-state index contributed by atoms with van der Waals surface area (Å²) in [6.07, 6.45) is 2.65. The highest BCUT2D eigenvalue weighted by Gasteiger charge is 2.13. The molecule has 2 aromatic rings. The molecule has 0 aliphatic heterocycles. The molecule has 6 nitrogen and oxygen atoms in total. The molecule has 25 heavy (non-hydrogen) atoms. The summed E-state index contributed by atoms with van der Waals surface area (Å²) < 4.78 is 36.7. The van der Waals surface area contributed by atoms with E-state index in [9.17, 15) is 17.6 Å². The normalized spacial score (nSPS) is 11.2. The first-order valence-electron chi connectivity index (χ1n) is 6.98. The molecule has 0 spiro atoms. The third kappa shape index (κ3) is 6.07. The van der Waals surface area contributed by atoms with Gasteiger partial charge in [0.25, 0.3) is 10.0 Å². The number of benzene rings is 2. The van der Waals surface area contributed by atoms with Crippen molar-refractivity contribution in [3.05, 3.63) is 72.1 Å². The summed E-state index contributed by atoms with van der Waals surface area (Å²) in [7, 11) is -3.80. The van der Waals surface area contributed by atoms with Crippen LogP contribution in [0.5, 0.6) is 0 Å². The number of thiocarbonyl (C=S) groups is 1. The first kappa shape index (κ1) is 18.7. The van der Waals surface area contributed by atoms with E-state index in [1.807, 2.05) is 0 Å². The van der Waals surface area contributed by atoms with Crippen LogP contribution in [-0.2, 0) is 14.8 Å². The van der Waals surface area contributed by atoms with Crippen molar-refractivity contribution in [2.45, 2.75) is 4.90 Å². The zero-order valence-electron chi connectivity index (χ0n) is 12.8. The molecule has 0 aliphatic carbocycles. The van der Waals surface area contributed by atoms with Crippen molar-refractivity contribution >= 4 is 39.3 Å². The average Bonchev–Trinajstić information content (AvgIpc) is 2.60. The standard InChI is InChI=1S/C16H14FN3O3S2/c17-13-9-6-12(7-10-13)8-11-15(21)18-16(24)19-20-25(22,23)14-4-2-1-3-5-14/h1-11,20H,(H2,18,19,21,24)/b11-8+. The van der Waals surface area contributed by atoms with Gasteiger partial charge < -0.3 is 0 Å². The van der Waals surface area contributed by atoms with Crippen LogP contribution in [0.2, 0.25) is 0 Å². The maximum atomic E-state index is 12.8. The van der Waals surface area contributed by atoms with Crippen LogP contribution in [0.3, 0.4) is 0 Å². The molecule has 1 amide bonds. The summed E-state index contributed by atoms with van der Waals surface area (Å²) in [5, 5.41) is 2.06. The second kappa shape index (κ2) is 8.47. The number of sulfonamides is 1. The van der Waals surface area contributed by atoms with E-state index in [1.54, 1.807) is 18.2 Å². The van der Waals surface area contributed by atoms with Gasteiger partial charge in [-0.1, -0.05) is 30.3 Å². The largest absolute Gasteiger partial charge is 0.298 e. The molecule has 0 radical (unpaired) electrons. The number of nitrogens with one attached hydrogen (secondary N) is 3. The van der Waals surface area contributed by atoms with Crippen LogP contribution < -0.4 is 15.6 Å². The molecule has 0 fully saturated rings. The highest BCUT2D eigenvalue weighted by molar-refractivity contribution is 7.89. The Labute approximate surface area is 149 Å². The molecule has 0 aliphatic rings. The number of hydrogen-bond donors (Lipinski definition) is 3. The van der Waals surface area contributed by atoms with Crippen LogP contribution in [0, 0.1) is 5.82 Å². The molecule has 2 rings (SSSR count). The van der Waals surface area contributed by atoms with Gasteiger partial charge in [0, 0.05) is 6.08 Å². The van der Waals surface area contributed by atoms with Crippen molar-refractivity contribution in [3.8, 4) is 0 Å². The van der Waals surface area contributed by atoms with Gasteiger partial charge in [-0.05, 0) is 48.1 Å². The number of carbonyl (C=O) groups is 1. The van der Waals surface area contributed by atoms with Crippen molar-refractivity contribution in [3.63, 3.8) is 0 Å². The minimum atomic E-state index is -3.80. The van der Waals surface area contributed by atoms with Crippen LogP contribution in [0.25, 0.3) is 6.08 Å². The number of halogens is 1. The molecule has 0 atom stereocenters. The Hall–Kier alpha value is -2.62. The second-order valence-electron chi connectivity index (χ2n) is 4.75. The number of hydrogen-bond acceptors (Lipinski definition) is 4. The maximum Gasteiger partial charge on any atom is 0.257 e. The minimum Gasteiger partial charge on any atom is -0.298 e. The van der Waals surface area contributed by atoms with Crippen LogP contribution in [-0.4, -0.2) is 19.4 Å². The number of amides is 1. The Morgan fingerprint density at radius 3 is 2.32 bits per heavy atom. The second-order valence-corrected chi connectivity index (χ2v) is 6.84. The third-order valence-corrected chi connectivity index (χ3v) is 4.35. The van der Waals surface area contributed by atoms with Gasteiger partial charge in [-0.2, -0.15) is 0 Å². The van der Waals surface area contributed by atoms with Crippen LogP contribution in [0.4, 0.5) is 4.39 Å². The van der Waals surface area contributed by atoms with Crippen molar-refractivity contribution in [2.75, 3.05) is 0 Å². The van der Waals surface area contributed by atoms with Gasteiger partial charge in [0.05, 0.1) is 4.90 Å². The predicted molar refractivity (Wildman–Crippen MR) is 96.1 cm³/mol. The van der Waals surface area contributed by atoms with Gasteiger partial charge in [-0.25, -0.2) is 12.8 Å². The first-order valence-corrected chi connectivity index (χ1v) is 8.87. The fourth-order valence-corrected chi connectivity index (χ4v) is 2.79. The number of rotatable bonds is 5. The van der Waals surface area contributed by atoms with Gasteiger partial charge >= 0.3 is 0 Å². The lowest BCUT2D eigenvalue weighted by molar-refractivity contribution is -0.115. The fourth-order valence-electron chi connectivity index (χ4n) is 1.70. The number of hydrazine groups is 1.